The zero-order chi connectivity index (χ0) is 15.1. The number of hydrogen-bond acceptors (Lipinski definition) is 4. The van der Waals surface area contributed by atoms with Gasteiger partial charge in [-0.25, -0.2) is 0 Å². The molecule has 1 aromatic rings. The molecule has 4 nitrogen and oxygen atoms in total. The van der Waals surface area contributed by atoms with Crippen LogP contribution in [0.4, 0.5) is 0 Å². The van der Waals surface area contributed by atoms with E-state index >= 15 is 0 Å². The lowest BCUT2D eigenvalue weighted by atomic mass is 10.1. The van der Waals surface area contributed by atoms with Gasteiger partial charge in [0.15, 0.2) is 0 Å². The van der Waals surface area contributed by atoms with Gasteiger partial charge in [-0.1, -0.05) is 25.5 Å². The molecule has 0 aromatic heterocycles. The minimum atomic E-state index is 0.568. The average molecular weight is 291 g/mol. The molecule has 0 amide bonds. The van der Waals surface area contributed by atoms with E-state index in [-0.39, 0.29) is 0 Å². The molecule has 4 heteroatoms. The van der Waals surface area contributed by atoms with Crippen molar-refractivity contribution in [1.82, 2.24) is 9.80 Å². The normalized spacial score (nSPS) is 18.6. The molecule has 1 aliphatic heterocycles. The lowest BCUT2D eigenvalue weighted by Gasteiger charge is -2.39. The summed E-state index contributed by atoms with van der Waals surface area (Å²) in [6, 6.07) is 8.96. The van der Waals surface area contributed by atoms with Crippen LogP contribution in [0.3, 0.4) is 0 Å². The van der Waals surface area contributed by atoms with Crippen LogP contribution in [-0.4, -0.2) is 55.7 Å². The summed E-state index contributed by atoms with van der Waals surface area (Å²) in [4.78, 5) is 5.09. The Labute approximate surface area is 128 Å². The van der Waals surface area contributed by atoms with Gasteiger partial charge in [-0.3, -0.25) is 9.80 Å². The summed E-state index contributed by atoms with van der Waals surface area (Å²) in [5, 5.41) is 0. The maximum Gasteiger partial charge on any atom is 0.118 e. The number of rotatable bonds is 7. The van der Waals surface area contributed by atoms with E-state index < -0.39 is 0 Å². The summed E-state index contributed by atoms with van der Waals surface area (Å²) < 4.78 is 5.20. The Kier molecular flexibility index (Phi) is 6.49. The number of methoxy groups -OCH3 is 1. The molecule has 21 heavy (non-hydrogen) atoms. The van der Waals surface area contributed by atoms with E-state index in [0.717, 1.165) is 45.0 Å². The third kappa shape index (κ3) is 4.70. The van der Waals surface area contributed by atoms with Crippen molar-refractivity contribution in [2.45, 2.75) is 32.4 Å². The zero-order valence-corrected chi connectivity index (χ0v) is 13.4. The van der Waals surface area contributed by atoms with Crippen LogP contribution in [0.25, 0.3) is 0 Å². The van der Waals surface area contributed by atoms with Gasteiger partial charge in [-0.15, -0.1) is 0 Å². The van der Waals surface area contributed by atoms with Crippen LogP contribution in [0.5, 0.6) is 5.75 Å². The van der Waals surface area contributed by atoms with Crippen molar-refractivity contribution in [2.75, 3.05) is 39.8 Å². The highest BCUT2D eigenvalue weighted by atomic mass is 16.5. The minimum absolute atomic E-state index is 0.568. The lowest BCUT2D eigenvalue weighted by molar-refractivity contribution is 0.0905. The Hall–Kier alpha value is -1.10. The van der Waals surface area contributed by atoms with Gasteiger partial charge in [0.25, 0.3) is 0 Å². The van der Waals surface area contributed by atoms with Crippen LogP contribution >= 0.6 is 0 Å². The summed E-state index contributed by atoms with van der Waals surface area (Å²) in [6.45, 7) is 8.59. The smallest absolute Gasteiger partial charge is 0.118 e. The van der Waals surface area contributed by atoms with E-state index in [0.29, 0.717) is 6.04 Å². The largest absolute Gasteiger partial charge is 0.497 e. The molecule has 0 bridgehead atoms. The van der Waals surface area contributed by atoms with Gasteiger partial charge in [0.1, 0.15) is 5.75 Å². The Balaban J connectivity index is 1.80. The van der Waals surface area contributed by atoms with Gasteiger partial charge in [-0.05, 0) is 24.1 Å². The second kappa shape index (κ2) is 8.37. The summed E-state index contributed by atoms with van der Waals surface area (Å²) >= 11 is 0. The van der Waals surface area contributed by atoms with E-state index in [4.69, 9.17) is 10.5 Å². The van der Waals surface area contributed by atoms with Gasteiger partial charge in [0, 0.05) is 45.3 Å². The molecule has 1 aliphatic rings. The van der Waals surface area contributed by atoms with E-state index in [9.17, 15) is 0 Å². The Morgan fingerprint density at radius 1 is 1.14 bits per heavy atom. The van der Waals surface area contributed by atoms with Gasteiger partial charge in [0.2, 0.25) is 0 Å². The Bertz CT molecular complexity index is 399. The number of nitrogens with zero attached hydrogens (tertiary/aromatic N) is 2. The highest BCUT2D eigenvalue weighted by Crippen LogP contribution is 2.15. The number of hydrogen-bond donors (Lipinski definition) is 1. The predicted molar refractivity (Wildman–Crippen MR) is 87.6 cm³/mol. The van der Waals surface area contributed by atoms with Gasteiger partial charge in [-0.2, -0.15) is 0 Å². The predicted octanol–water partition coefficient (Wildman–Crippen LogP) is 1.94. The van der Waals surface area contributed by atoms with Crippen molar-refractivity contribution in [1.29, 1.82) is 0 Å². The summed E-state index contributed by atoms with van der Waals surface area (Å²) in [6.07, 6.45) is 2.43. The fraction of sp³-hybridized carbons (Fsp3) is 0.647. The van der Waals surface area contributed by atoms with E-state index in [2.05, 4.69) is 28.9 Å². The summed E-state index contributed by atoms with van der Waals surface area (Å²) in [5.41, 5.74) is 7.26. The van der Waals surface area contributed by atoms with Crippen molar-refractivity contribution in [3.8, 4) is 5.75 Å². The molecule has 1 unspecified atom stereocenters. The molecule has 1 heterocycles. The maximum absolute atomic E-state index is 5.91. The van der Waals surface area contributed by atoms with Crippen LogP contribution in [-0.2, 0) is 6.54 Å². The molecule has 1 saturated heterocycles. The molecule has 0 radical (unpaired) electrons. The SMILES string of the molecule is CCCC(CN)N1CCN(Cc2ccc(OC)cc2)CC1. The van der Waals surface area contributed by atoms with Crippen molar-refractivity contribution in [3.05, 3.63) is 29.8 Å². The van der Waals surface area contributed by atoms with Crippen LogP contribution in [0.1, 0.15) is 25.3 Å². The second-order valence-electron chi connectivity index (χ2n) is 5.84. The Morgan fingerprint density at radius 3 is 2.33 bits per heavy atom. The van der Waals surface area contributed by atoms with Crippen molar-refractivity contribution >= 4 is 0 Å². The quantitative estimate of drug-likeness (QED) is 0.833. The number of nitrogens with two attached hydrogens (primary N) is 1. The molecule has 1 atom stereocenters. The fourth-order valence-corrected chi connectivity index (χ4v) is 3.06. The molecular weight excluding hydrogens is 262 g/mol. The summed E-state index contributed by atoms with van der Waals surface area (Å²) in [5.74, 6) is 0.925. The zero-order valence-electron chi connectivity index (χ0n) is 13.4. The van der Waals surface area contributed by atoms with Crippen molar-refractivity contribution in [2.24, 2.45) is 5.73 Å². The highest BCUT2D eigenvalue weighted by molar-refractivity contribution is 5.27. The van der Waals surface area contributed by atoms with Crippen molar-refractivity contribution < 1.29 is 4.74 Å². The first-order valence-electron chi connectivity index (χ1n) is 8.06. The Morgan fingerprint density at radius 2 is 1.81 bits per heavy atom. The standard InChI is InChI=1S/C17H29N3O/c1-3-4-16(13-18)20-11-9-19(10-12-20)14-15-5-7-17(21-2)8-6-15/h5-8,16H,3-4,9-14,18H2,1-2H3. The molecule has 1 fully saturated rings. The van der Waals surface area contributed by atoms with E-state index in [1.807, 2.05) is 12.1 Å². The highest BCUT2D eigenvalue weighted by Gasteiger charge is 2.22. The van der Waals surface area contributed by atoms with Gasteiger partial charge < -0.3 is 10.5 Å². The van der Waals surface area contributed by atoms with Gasteiger partial charge >= 0.3 is 0 Å². The molecule has 0 aliphatic carbocycles. The molecule has 0 saturated carbocycles. The fourth-order valence-electron chi connectivity index (χ4n) is 3.06. The first-order chi connectivity index (χ1) is 10.3. The molecule has 118 valence electrons. The van der Waals surface area contributed by atoms with Crippen LogP contribution in [0, 0.1) is 0 Å². The average Bonchev–Trinajstić information content (AvgIpc) is 2.54. The molecule has 0 spiro atoms. The molecule has 2 rings (SSSR count). The van der Waals surface area contributed by atoms with Crippen LogP contribution in [0.2, 0.25) is 0 Å². The van der Waals surface area contributed by atoms with Crippen LogP contribution in [0.15, 0.2) is 24.3 Å². The first-order valence-corrected chi connectivity index (χ1v) is 8.06. The molecular formula is C17H29N3O. The third-order valence-electron chi connectivity index (χ3n) is 4.38. The van der Waals surface area contributed by atoms with Crippen molar-refractivity contribution in [3.63, 3.8) is 0 Å². The number of benzene rings is 1. The van der Waals surface area contributed by atoms with E-state index in [1.54, 1.807) is 7.11 Å². The molecule has 1 aromatic carbocycles. The first kappa shape index (κ1) is 16.3. The van der Waals surface area contributed by atoms with Gasteiger partial charge in [0.05, 0.1) is 7.11 Å². The number of piperazine rings is 1. The third-order valence-corrected chi connectivity index (χ3v) is 4.38. The monoisotopic (exact) mass is 291 g/mol. The second-order valence-corrected chi connectivity index (χ2v) is 5.84. The number of ether oxygens (including phenoxy) is 1. The maximum atomic E-state index is 5.91. The molecule has 2 N–H and O–H groups in total. The topological polar surface area (TPSA) is 41.7 Å². The van der Waals surface area contributed by atoms with Crippen LogP contribution < -0.4 is 10.5 Å². The minimum Gasteiger partial charge on any atom is -0.497 e. The van der Waals surface area contributed by atoms with E-state index in [1.165, 1.54) is 18.4 Å². The summed E-state index contributed by atoms with van der Waals surface area (Å²) in [7, 11) is 1.71. The lowest BCUT2D eigenvalue weighted by Crippen LogP contribution is -2.51.